The summed E-state index contributed by atoms with van der Waals surface area (Å²) in [5.74, 6) is -0.0261. The van der Waals surface area contributed by atoms with Gasteiger partial charge in [-0.05, 0) is 50.9 Å². The number of hydrogen-bond acceptors (Lipinski definition) is 8. The summed E-state index contributed by atoms with van der Waals surface area (Å²) in [5, 5.41) is 3.05. The third-order valence-electron chi connectivity index (χ3n) is 7.44. The van der Waals surface area contributed by atoms with Crippen LogP contribution in [0.25, 0.3) is 11.2 Å². The van der Waals surface area contributed by atoms with E-state index in [1.807, 2.05) is 4.57 Å². The number of anilines is 2. The number of fused-ring (bicyclic) bond motifs is 1. The van der Waals surface area contributed by atoms with Gasteiger partial charge in [0.25, 0.3) is 0 Å². The Kier molecular flexibility index (Phi) is 5.33. The molecule has 0 unspecified atom stereocenters. The van der Waals surface area contributed by atoms with Crippen LogP contribution in [-0.4, -0.2) is 68.1 Å². The Labute approximate surface area is 202 Å². The van der Waals surface area contributed by atoms with Crippen molar-refractivity contribution < 1.29 is 9.18 Å². The summed E-state index contributed by atoms with van der Waals surface area (Å²) >= 11 is 0. The van der Waals surface area contributed by atoms with Crippen molar-refractivity contribution >= 4 is 28.6 Å². The molecule has 184 valence electrons. The zero-order valence-electron chi connectivity index (χ0n) is 19.6. The fraction of sp³-hybridized carbons (Fsp3) is 0.500. The molecule has 2 aromatic heterocycles. The van der Waals surface area contributed by atoms with Crippen LogP contribution in [-0.2, 0) is 17.9 Å². The smallest absolute Gasteiger partial charge is 0.242 e. The van der Waals surface area contributed by atoms with Gasteiger partial charge in [-0.2, -0.15) is 0 Å². The average molecular weight is 480 g/mol. The molecule has 1 aromatic carbocycles. The first-order valence-electron chi connectivity index (χ1n) is 12.2. The SMILES string of the molecule is Nc1ncnc2c1ncn2Cc1c(N2CC[C@](N)(C(=O)NC3CC3)C2)ccc(F)c1CN1CCC1. The molecule has 5 N–H and O–H groups in total. The molecule has 1 saturated carbocycles. The number of amides is 1. The quantitative estimate of drug-likeness (QED) is 0.457. The predicted molar refractivity (Wildman–Crippen MR) is 130 cm³/mol. The van der Waals surface area contributed by atoms with Crippen molar-refractivity contribution in [2.45, 2.75) is 50.4 Å². The van der Waals surface area contributed by atoms with E-state index >= 15 is 4.39 Å². The van der Waals surface area contributed by atoms with E-state index in [0.29, 0.717) is 55.1 Å². The first kappa shape index (κ1) is 22.2. The van der Waals surface area contributed by atoms with Crippen LogP contribution in [0.2, 0.25) is 0 Å². The number of nitrogens with zero attached hydrogens (tertiary/aromatic N) is 6. The Bertz CT molecular complexity index is 1290. The minimum atomic E-state index is -0.963. The van der Waals surface area contributed by atoms with Gasteiger partial charge >= 0.3 is 0 Å². The fourth-order valence-electron chi connectivity index (χ4n) is 5.02. The van der Waals surface area contributed by atoms with Crippen molar-refractivity contribution in [3.8, 4) is 0 Å². The maximum absolute atomic E-state index is 15.3. The van der Waals surface area contributed by atoms with Crippen LogP contribution in [0.1, 0.15) is 36.8 Å². The summed E-state index contributed by atoms with van der Waals surface area (Å²) in [6.07, 6.45) is 6.77. The minimum Gasteiger partial charge on any atom is -0.382 e. The normalized spacial score (nSPS) is 22.5. The Hall–Kier alpha value is -3.31. The monoisotopic (exact) mass is 479 g/mol. The maximum atomic E-state index is 15.3. The lowest BCUT2D eigenvalue weighted by Crippen LogP contribution is -2.56. The number of nitrogens with two attached hydrogens (primary N) is 2. The number of likely N-dealkylation sites (tertiary alicyclic amines) is 1. The number of aromatic nitrogens is 4. The lowest BCUT2D eigenvalue weighted by Gasteiger charge is -2.33. The summed E-state index contributed by atoms with van der Waals surface area (Å²) in [4.78, 5) is 30.0. The van der Waals surface area contributed by atoms with Gasteiger partial charge in [0.05, 0.1) is 12.9 Å². The van der Waals surface area contributed by atoms with Crippen molar-refractivity contribution in [3.63, 3.8) is 0 Å². The van der Waals surface area contributed by atoms with E-state index in [0.717, 1.165) is 43.6 Å². The van der Waals surface area contributed by atoms with Crippen LogP contribution in [0.4, 0.5) is 15.9 Å². The molecule has 0 spiro atoms. The lowest BCUT2D eigenvalue weighted by molar-refractivity contribution is -0.125. The molecule has 10 nitrogen and oxygen atoms in total. The highest BCUT2D eigenvalue weighted by Gasteiger charge is 2.43. The van der Waals surface area contributed by atoms with Crippen LogP contribution < -0.4 is 21.7 Å². The summed E-state index contributed by atoms with van der Waals surface area (Å²) in [6.45, 7) is 3.81. The molecular formula is C24H30FN9O. The van der Waals surface area contributed by atoms with Gasteiger partial charge in [0.1, 0.15) is 23.2 Å². The highest BCUT2D eigenvalue weighted by atomic mass is 19.1. The number of hydrogen-bond donors (Lipinski definition) is 3. The van der Waals surface area contributed by atoms with Crippen LogP contribution in [0.3, 0.4) is 0 Å². The zero-order chi connectivity index (χ0) is 24.2. The Morgan fingerprint density at radius 2 is 1.97 bits per heavy atom. The van der Waals surface area contributed by atoms with Gasteiger partial charge in [-0.3, -0.25) is 9.69 Å². The van der Waals surface area contributed by atoms with Crippen molar-refractivity contribution in [1.29, 1.82) is 0 Å². The molecule has 6 rings (SSSR count). The molecule has 0 bridgehead atoms. The number of rotatable bonds is 7. The van der Waals surface area contributed by atoms with Gasteiger partial charge in [0, 0.05) is 42.5 Å². The highest BCUT2D eigenvalue weighted by Crippen LogP contribution is 2.34. The van der Waals surface area contributed by atoms with E-state index in [1.165, 1.54) is 12.4 Å². The van der Waals surface area contributed by atoms with E-state index in [4.69, 9.17) is 11.5 Å². The van der Waals surface area contributed by atoms with Gasteiger partial charge in [0.2, 0.25) is 5.91 Å². The molecule has 1 amide bonds. The average Bonchev–Trinajstić information content (AvgIpc) is 3.38. The summed E-state index contributed by atoms with van der Waals surface area (Å²) < 4.78 is 17.1. The van der Waals surface area contributed by atoms with E-state index in [9.17, 15) is 4.79 Å². The molecule has 2 aliphatic heterocycles. The second-order valence-corrected chi connectivity index (χ2v) is 10.0. The number of imidazole rings is 1. The predicted octanol–water partition coefficient (Wildman–Crippen LogP) is 0.988. The molecule has 3 fully saturated rings. The van der Waals surface area contributed by atoms with Crippen molar-refractivity contribution in [1.82, 2.24) is 29.7 Å². The summed E-state index contributed by atoms with van der Waals surface area (Å²) in [7, 11) is 0. The van der Waals surface area contributed by atoms with Crippen molar-refractivity contribution in [3.05, 3.63) is 41.7 Å². The molecule has 1 aliphatic carbocycles. The standard InChI is InChI=1S/C24H30FN9O/c25-18-4-5-19(33-9-6-24(27,12-33)23(35)31-15-2-3-15)17(16(18)10-32-7-1-8-32)11-34-14-30-20-21(26)28-13-29-22(20)34/h4-5,13-15H,1-3,6-12,27H2,(H,31,35)(H2,26,28,29)/t24-/m1/s1. The zero-order valence-corrected chi connectivity index (χ0v) is 19.6. The second kappa shape index (κ2) is 8.42. The number of benzene rings is 1. The van der Waals surface area contributed by atoms with Crippen LogP contribution in [0.15, 0.2) is 24.8 Å². The second-order valence-electron chi connectivity index (χ2n) is 10.0. The maximum Gasteiger partial charge on any atom is 0.242 e. The fourth-order valence-corrected chi connectivity index (χ4v) is 5.02. The molecule has 3 aliphatic rings. The first-order valence-corrected chi connectivity index (χ1v) is 12.2. The van der Waals surface area contributed by atoms with Crippen molar-refractivity contribution in [2.75, 3.05) is 36.8 Å². The van der Waals surface area contributed by atoms with Gasteiger partial charge < -0.3 is 26.3 Å². The highest BCUT2D eigenvalue weighted by molar-refractivity contribution is 5.88. The van der Waals surface area contributed by atoms with E-state index < -0.39 is 5.54 Å². The third-order valence-corrected chi connectivity index (χ3v) is 7.44. The van der Waals surface area contributed by atoms with Gasteiger partial charge in [0.15, 0.2) is 11.5 Å². The van der Waals surface area contributed by atoms with Crippen LogP contribution >= 0.6 is 0 Å². The molecule has 35 heavy (non-hydrogen) atoms. The molecule has 2 saturated heterocycles. The number of nitrogens with one attached hydrogen (secondary N) is 1. The topological polar surface area (TPSA) is 131 Å². The van der Waals surface area contributed by atoms with E-state index in [1.54, 1.807) is 12.4 Å². The Morgan fingerprint density at radius 1 is 1.14 bits per heavy atom. The largest absolute Gasteiger partial charge is 0.382 e. The third kappa shape index (κ3) is 4.08. The number of halogens is 1. The minimum absolute atomic E-state index is 0.0975. The number of carbonyl (C=O) groups is 1. The molecule has 11 heteroatoms. The Balaban J connectivity index is 1.37. The molecule has 3 aromatic rings. The van der Waals surface area contributed by atoms with Crippen LogP contribution in [0.5, 0.6) is 0 Å². The number of carbonyl (C=O) groups excluding carboxylic acids is 1. The van der Waals surface area contributed by atoms with E-state index in [2.05, 4.69) is 30.1 Å². The molecule has 1 atom stereocenters. The lowest BCUT2D eigenvalue weighted by atomic mass is 9.98. The number of nitrogen functional groups attached to an aromatic ring is 1. The van der Waals surface area contributed by atoms with Gasteiger partial charge in [-0.15, -0.1) is 0 Å². The summed E-state index contributed by atoms with van der Waals surface area (Å²) in [6, 6.07) is 3.59. The molecular weight excluding hydrogens is 449 g/mol. The molecule has 4 heterocycles. The summed E-state index contributed by atoms with van der Waals surface area (Å²) in [5.41, 5.74) is 15.1. The Morgan fingerprint density at radius 3 is 2.71 bits per heavy atom. The van der Waals surface area contributed by atoms with Gasteiger partial charge in [-0.25, -0.2) is 19.3 Å². The van der Waals surface area contributed by atoms with Crippen molar-refractivity contribution in [2.24, 2.45) is 5.73 Å². The van der Waals surface area contributed by atoms with Crippen LogP contribution in [0, 0.1) is 5.82 Å². The molecule has 0 radical (unpaired) electrons. The first-order chi connectivity index (χ1) is 16.9. The van der Waals surface area contributed by atoms with Gasteiger partial charge in [-0.1, -0.05) is 0 Å². The van der Waals surface area contributed by atoms with E-state index in [-0.39, 0.29) is 17.8 Å².